The first kappa shape index (κ1) is 15.0. The zero-order chi connectivity index (χ0) is 16.4. The van der Waals surface area contributed by atoms with Crippen molar-refractivity contribution in [3.8, 4) is 10.6 Å². The van der Waals surface area contributed by atoms with E-state index in [1.54, 1.807) is 11.6 Å². The molecule has 1 aliphatic heterocycles. The Morgan fingerprint density at radius 1 is 1.33 bits per heavy atom. The van der Waals surface area contributed by atoms with E-state index in [4.69, 9.17) is 4.74 Å². The quantitative estimate of drug-likeness (QED) is 0.792. The Labute approximate surface area is 143 Å². The van der Waals surface area contributed by atoms with Gasteiger partial charge in [-0.1, -0.05) is 30.3 Å². The number of hydrogen-bond donors (Lipinski definition) is 1. The molecular weight excluding hydrogens is 324 g/mol. The molecule has 3 aromatic rings. The van der Waals surface area contributed by atoms with Crippen LogP contribution in [0.3, 0.4) is 0 Å². The molecule has 1 atom stereocenters. The number of anilines is 1. The maximum Gasteiger partial charge on any atom is 0.275 e. The van der Waals surface area contributed by atoms with Gasteiger partial charge in [0, 0.05) is 23.7 Å². The van der Waals surface area contributed by atoms with Crippen LogP contribution in [-0.2, 0) is 4.74 Å². The second-order valence-electron chi connectivity index (χ2n) is 5.58. The van der Waals surface area contributed by atoms with E-state index in [1.165, 1.54) is 11.3 Å². The molecule has 7 heteroatoms. The van der Waals surface area contributed by atoms with Gasteiger partial charge in [0.1, 0.15) is 10.7 Å². The molecule has 1 N–H and O–H groups in total. The number of amides is 1. The van der Waals surface area contributed by atoms with Crippen molar-refractivity contribution in [3.63, 3.8) is 0 Å². The number of nitrogens with one attached hydrogen (secondary N) is 1. The van der Waals surface area contributed by atoms with Crippen molar-refractivity contribution in [3.05, 3.63) is 53.8 Å². The summed E-state index contributed by atoms with van der Waals surface area (Å²) >= 11 is 1.46. The molecule has 0 spiro atoms. The molecule has 1 amide bonds. The summed E-state index contributed by atoms with van der Waals surface area (Å²) in [5.74, 6) is -0.226. The summed E-state index contributed by atoms with van der Waals surface area (Å²) in [4.78, 5) is 16.8. The lowest BCUT2D eigenvalue weighted by molar-refractivity contribution is 0.102. The fourth-order valence-electron chi connectivity index (χ4n) is 2.62. The zero-order valence-electron chi connectivity index (χ0n) is 12.9. The van der Waals surface area contributed by atoms with Crippen molar-refractivity contribution in [1.29, 1.82) is 0 Å². The highest BCUT2D eigenvalue weighted by Crippen LogP contribution is 2.24. The fourth-order valence-corrected chi connectivity index (χ4v) is 3.43. The number of nitrogens with zero attached hydrogens (tertiary/aromatic N) is 3. The Morgan fingerprint density at radius 2 is 2.21 bits per heavy atom. The molecule has 1 saturated heterocycles. The number of hydrogen-bond acceptors (Lipinski definition) is 5. The van der Waals surface area contributed by atoms with E-state index in [9.17, 15) is 4.79 Å². The van der Waals surface area contributed by atoms with Crippen molar-refractivity contribution in [2.45, 2.75) is 12.5 Å². The van der Waals surface area contributed by atoms with E-state index in [0.29, 0.717) is 18.0 Å². The largest absolute Gasteiger partial charge is 0.379 e. The fraction of sp³-hybridized carbons (Fsp3) is 0.235. The van der Waals surface area contributed by atoms with Crippen LogP contribution in [0.25, 0.3) is 10.6 Å². The summed E-state index contributed by atoms with van der Waals surface area (Å²) in [6, 6.07) is 10.1. The van der Waals surface area contributed by atoms with Gasteiger partial charge in [0.05, 0.1) is 24.5 Å². The summed E-state index contributed by atoms with van der Waals surface area (Å²) in [7, 11) is 0. The topological polar surface area (TPSA) is 69.0 Å². The average molecular weight is 340 g/mol. The van der Waals surface area contributed by atoms with Gasteiger partial charge in [-0.05, 0) is 6.42 Å². The smallest absolute Gasteiger partial charge is 0.275 e. The first-order chi connectivity index (χ1) is 11.8. The van der Waals surface area contributed by atoms with Crippen LogP contribution in [0.1, 0.15) is 23.0 Å². The van der Waals surface area contributed by atoms with Crippen LogP contribution in [-0.4, -0.2) is 33.9 Å². The van der Waals surface area contributed by atoms with Crippen LogP contribution >= 0.6 is 11.3 Å². The lowest BCUT2D eigenvalue weighted by Gasteiger charge is -2.06. The molecule has 4 rings (SSSR count). The molecule has 1 unspecified atom stereocenters. The van der Waals surface area contributed by atoms with Crippen LogP contribution in [0.4, 0.5) is 5.69 Å². The molecule has 3 heterocycles. The van der Waals surface area contributed by atoms with E-state index in [1.807, 2.05) is 41.2 Å². The SMILES string of the molecule is O=C(Nc1cnn(C2CCOC2)c1)c1csc(-c2ccccc2)n1. The van der Waals surface area contributed by atoms with Crippen molar-refractivity contribution < 1.29 is 9.53 Å². The molecule has 0 radical (unpaired) electrons. The number of benzene rings is 1. The van der Waals surface area contributed by atoms with E-state index >= 15 is 0 Å². The summed E-state index contributed by atoms with van der Waals surface area (Å²) < 4.78 is 7.21. The van der Waals surface area contributed by atoms with Crippen molar-refractivity contribution in [1.82, 2.24) is 14.8 Å². The molecule has 24 heavy (non-hydrogen) atoms. The summed E-state index contributed by atoms with van der Waals surface area (Å²) in [5, 5.41) is 9.75. The van der Waals surface area contributed by atoms with E-state index in [2.05, 4.69) is 15.4 Å². The predicted octanol–water partition coefficient (Wildman–Crippen LogP) is 3.22. The molecule has 1 aliphatic rings. The monoisotopic (exact) mass is 340 g/mol. The summed E-state index contributed by atoms with van der Waals surface area (Å²) in [5.41, 5.74) is 2.09. The molecular formula is C17H16N4O2S. The minimum atomic E-state index is -0.226. The number of ether oxygens (including phenoxy) is 1. The standard InChI is InChI=1S/C17H16N4O2S/c22-16(15-11-24-17(20-15)12-4-2-1-3-5-12)19-13-8-18-21(9-13)14-6-7-23-10-14/h1-5,8-9,11,14H,6-7,10H2,(H,19,22). The van der Waals surface area contributed by atoms with Crippen LogP contribution < -0.4 is 5.32 Å². The van der Waals surface area contributed by atoms with Gasteiger partial charge in [0.2, 0.25) is 0 Å². The zero-order valence-corrected chi connectivity index (χ0v) is 13.7. The van der Waals surface area contributed by atoms with Gasteiger partial charge in [0.25, 0.3) is 5.91 Å². The number of carbonyl (C=O) groups is 1. The van der Waals surface area contributed by atoms with Crippen molar-refractivity contribution in [2.24, 2.45) is 0 Å². The second kappa shape index (κ2) is 6.54. The van der Waals surface area contributed by atoms with E-state index < -0.39 is 0 Å². The minimum absolute atomic E-state index is 0.226. The third-order valence-corrected chi connectivity index (χ3v) is 4.79. The van der Waals surface area contributed by atoms with E-state index in [0.717, 1.165) is 23.6 Å². The van der Waals surface area contributed by atoms with Gasteiger partial charge in [0.15, 0.2) is 0 Å². The Balaban J connectivity index is 1.46. The van der Waals surface area contributed by atoms with Crippen LogP contribution in [0.5, 0.6) is 0 Å². The maximum absolute atomic E-state index is 12.4. The maximum atomic E-state index is 12.4. The van der Waals surface area contributed by atoms with Crippen LogP contribution in [0.15, 0.2) is 48.1 Å². The first-order valence-electron chi connectivity index (χ1n) is 7.74. The first-order valence-corrected chi connectivity index (χ1v) is 8.62. The number of carbonyl (C=O) groups excluding carboxylic acids is 1. The molecule has 6 nitrogen and oxygen atoms in total. The van der Waals surface area contributed by atoms with Gasteiger partial charge in [-0.2, -0.15) is 5.10 Å². The van der Waals surface area contributed by atoms with Crippen LogP contribution in [0, 0.1) is 0 Å². The van der Waals surface area contributed by atoms with Gasteiger partial charge < -0.3 is 10.1 Å². The molecule has 0 saturated carbocycles. The third-order valence-electron chi connectivity index (χ3n) is 3.90. The van der Waals surface area contributed by atoms with E-state index in [-0.39, 0.29) is 11.9 Å². The number of thiazole rings is 1. The number of rotatable bonds is 4. The minimum Gasteiger partial charge on any atom is -0.379 e. The average Bonchev–Trinajstić information content (AvgIpc) is 3.36. The predicted molar refractivity (Wildman–Crippen MR) is 92.2 cm³/mol. The highest BCUT2D eigenvalue weighted by Gasteiger charge is 2.19. The van der Waals surface area contributed by atoms with Crippen molar-refractivity contribution >= 4 is 22.9 Å². The molecule has 2 aromatic heterocycles. The van der Waals surface area contributed by atoms with Gasteiger partial charge in [-0.3, -0.25) is 9.48 Å². The Morgan fingerprint density at radius 3 is 3.00 bits per heavy atom. The summed E-state index contributed by atoms with van der Waals surface area (Å²) in [6.45, 7) is 1.43. The third kappa shape index (κ3) is 3.08. The van der Waals surface area contributed by atoms with Gasteiger partial charge in [-0.25, -0.2) is 4.98 Å². The Hall–Kier alpha value is -2.51. The molecule has 0 bridgehead atoms. The lowest BCUT2D eigenvalue weighted by Crippen LogP contribution is -2.12. The van der Waals surface area contributed by atoms with Gasteiger partial charge >= 0.3 is 0 Å². The highest BCUT2D eigenvalue weighted by atomic mass is 32.1. The molecule has 1 fully saturated rings. The van der Waals surface area contributed by atoms with Crippen LogP contribution in [0.2, 0.25) is 0 Å². The Kier molecular flexibility index (Phi) is 4.10. The molecule has 122 valence electrons. The van der Waals surface area contributed by atoms with Gasteiger partial charge in [-0.15, -0.1) is 11.3 Å². The second-order valence-corrected chi connectivity index (χ2v) is 6.44. The Bertz CT molecular complexity index is 837. The lowest BCUT2D eigenvalue weighted by atomic mass is 10.2. The van der Waals surface area contributed by atoms with Crippen molar-refractivity contribution in [2.75, 3.05) is 18.5 Å². The highest BCUT2D eigenvalue weighted by molar-refractivity contribution is 7.13. The normalized spacial score (nSPS) is 17.1. The molecule has 1 aromatic carbocycles. The number of aromatic nitrogens is 3. The molecule has 0 aliphatic carbocycles. The summed E-state index contributed by atoms with van der Waals surface area (Å²) in [6.07, 6.45) is 4.43.